The Kier molecular flexibility index (Phi) is 2.52. The first-order chi connectivity index (χ1) is 5.55. The van der Waals surface area contributed by atoms with Gasteiger partial charge in [0.2, 0.25) is 0 Å². The predicted molar refractivity (Wildman–Crippen MR) is 46.6 cm³/mol. The van der Waals surface area contributed by atoms with Crippen molar-refractivity contribution in [1.29, 1.82) is 0 Å². The van der Waals surface area contributed by atoms with E-state index in [1.54, 1.807) is 0 Å². The van der Waals surface area contributed by atoms with Crippen molar-refractivity contribution in [3.8, 4) is 0 Å². The molecule has 1 aliphatic rings. The fraction of sp³-hybridized carbons (Fsp3) is 0.667. The molecule has 1 saturated heterocycles. The summed E-state index contributed by atoms with van der Waals surface area (Å²) >= 11 is 0. The summed E-state index contributed by atoms with van der Waals surface area (Å²) in [6.07, 6.45) is 2.18. The van der Waals surface area contributed by atoms with Gasteiger partial charge in [0.15, 0.2) is 6.29 Å². The molecular weight excluding hydrogens is 154 g/mol. The minimum Gasteiger partial charge on any atom is -0.390 e. The molecule has 0 spiro atoms. The van der Waals surface area contributed by atoms with Crippen LogP contribution in [-0.4, -0.2) is 35.0 Å². The lowest BCUT2D eigenvalue weighted by atomic mass is 9.94. The van der Waals surface area contributed by atoms with Crippen LogP contribution >= 0.6 is 0 Å². The molecule has 12 heavy (non-hydrogen) atoms. The Balaban J connectivity index is 2.46. The number of likely N-dealkylation sites (tertiary alicyclic amines) is 1. The minimum atomic E-state index is -0.556. The average molecular weight is 169 g/mol. The minimum absolute atomic E-state index is 0.519. The number of hydrogen-bond acceptors (Lipinski definition) is 3. The Bertz CT molecular complexity index is 189. The van der Waals surface area contributed by atoms with Gasteiger partial charge in [-0.3, -0.25) is 4.79 Å². The Morgan fingerprint density at radius 1 is 1.58 bits per heavy atom. The second kappa shape index (κ2) is 3.27. The third kappa shape index (κ3) is 2.08. The maximum absolute atomic E-state index is 10.4. The van der Waals surface area contributed by atoms with E-state index in [1.807, 2.05) is 11.8 Å². The molecule has 0 radical (unpaired) electrons. The molecule has 0 bridgehead atoms. The summed E-state index contributed by atoms with van der Waals surface area (Å²) in [7, 11) is 0. The van der Waals surface area contributed by atoms with Crippen LogP contribution in [0.4, 0.5) is 0 Å². The highest BCUT2D eigenvalue weighted by Gasteiger charge is 2.27. The molecule has 0 aromatic heterocycles. The smallest absolute Gasteiger partial charge is 0.165 e. The number of hydrogen-bond donors (Lipinski definition) is 1. The lowest BCUT2D eigenvalue weighted by Crippen LogP contribution is -2.41. The normalized spacial score (nSPS) is 22.0. The number of aliphatic hydroxyl groups is 1. The summed E-state index contributed by atoms with van der Waals surface area (Å²) < 4.78 is 0. The topological polar surface area (TPSA) is 40.5 Å². The highest BCUT2D eigenvalue weighted by Crippen LogP contribution is 2.22. The molecule has 0 aromatic carbocycles. The first kappa shape index (κ1) is 9.26. The van der Waals surface area contributed by atoms with E-state index in [9.17, 15) is 9.90 Å². The van der Waals surface area contributed by atoms with E-state index in [2.05, 4.69) is 6.58 Å². The van der Waals surface area contributed by atoms with E-state index >= 15 is 0 Å². The number of rotatable bonds is 2. The number of carbonyl (C=O) groups excluding carboxylic acids is 1. The van der Waals surface area contributed by atoms with E-state index in [1.165, 1.54) is 0 Å². The van der Waals surface area contributed by atoms with Gasteiger partial charge in [-0.1, -0.05) is 6.58 Å². The predicted octanol–water partition coefficient (Wildman–Crippen LogP) is 0.546. The van der Waals surface area contributed by atoms with Gasteiger partial charge in [-0.25, -0.2) is 0 Å². The Labute approximate surface area is 72.7 Å². The Morgan fingerprint density at radius 2 is 2.08 bits per heavy atom. The molecule has 0 aromatic rings. The Hall–Kier alpha value is -0.830. The molecule has 1 heterocycles. The molecule has 0 saturated carbocycles. The largest absolute Gasteiger partial charge is 0.390 e. The van der Waals surface area contributed by atoms with Crippen molar-refractivity contribution in [2.45, 2.75) is 25.4 Å². The fourth-order valence-electron chi connectivity index (χ4n) is 1.35. The van der Waals surface area contributed by atoms with E-state index in [0.717, 1.165) is 19.4 Å². The van der Waals surface area contributed by atoms with Crippen molar-refractivity contribution >= 4 is 6.29 Å². The van der Waals surface area contributed by atoms with Gasteiger partial charge in [0.1, 0.15) is 0 Å². The summed E-state index contributed by atoms with van der Waals surface area (Å²) in [5, 5.41) is 9.60. The summed E-state index contributed by atoms with van der Waals surface area (Å²) in [4.78, 5) is 12.3. The van der Waals surface area contributed by atoms with Crippen LogP contribution in [0.2, 0.25) is 0 Å². The van der Waals surface area contributed by atoms with Crippen LogP contribution in [0, 0.1) is 0 Å². The van der Waals surface area contributed by atoms with E-state index < -0.39 is 5.60 Å². The van der Waals surface area contributed by atoms with Gasteiger partial charge >= 0.3 is 0 Å². The molecule has 1 rings (SSSR count). The number of carbonyl (C=O) groups is 1. The summed E-state index contributed by atoms with van der Waals surface area (Å²) in [5.41, 5.74) is -0.0369. The summed E-state index contributed by atoms with van der Waals surface area (Å²) in [6, 6.07) is 0. The van der Waals surface area contributed by atoms with Gasteiger partial charge in [0, 0.05) is 13.1 Å². The van der Waals surface area contributed by atoms with Gasteiger partial charge in [-0.05, 0) is 19.8 Å². The molecule has 0 amide bonds. The Morgan fingerprint density at radius 3 is 2.50 bits per heavy atom. The molecule has 3 nitrogen and oxygen atoms in total. The highest BCUT2D eigenvalue weighted by atomic mass is 16.3. The summed E-state index contributed by atoms with van der Waals surface area (Å²) in [6.45, 7) is 6.90. The zero-order valence-electron chi connectivity index (χ0n) is 7.42. The molecular formula is C9H15NO2. The van der Waals surface area contributed by atoms with Crippen LogP contribution in [-0.2, 0) is 4.79 Å². The van der Waals surface area contributed by atoms with Crippen LogP contribution in [0.3, 0.4) is 0 Å². The SMILES string of the molecule is C=C(C=O)N1CCC(C)(O)CC1. The van der Waals surface area contributed by atoms with Crippen molar-refractivity contribution in [1.82, 2.24) is 4.90 Å². The zero-order valence-corrected chi connectivity index (χ0v) is 7.42. The molecule has 1 fully saturated rings. The van der Waals surface area contributed by atoms with Crippen molar-refractivity contribution in [3.05, 3.63) is 12.3 Å². The molecule has 3 heteroatoms. The molecule has 0 atom stereocenters. The van der Waals surface area contributed by atoms with Crippen LogP contribution in [0.25, 0.3) is 0 Å². The number of aldehydes is 1. The highest BCUT2D eigenvalue weighted by molar-refractivity contribution is 5.71. The molecule has 0 unspecified atom stereocenters. The van der Waals surface area contributed by atoms with Gasteiger partial charge in [0.25, 0.3) is 0 Å². The quantitative estimate of drug-likeness (QED) is 0.484. The number of nitrogens with zero attached hydrogens (tertiary/aromatic N) is 1. The van der Waals surface area contributed by atoms with Crippen LogP contribution in [0.5, 0.6) is 0 Å². The van der Waals surface area contributed by atoms with Gasteiger partial charge < -0.3 is 10.0 Å². The number of piperidine rings is 1. The first-order valence-corrected chi connectivity index (χ1v) is 4.16. The standard InChI is InChI=1S/C9H15NO2/c1-8(7-11)10-5-3-9(2,12)4-6-10/h7,12H,1,3-6H2,2H3. The maximum Gasteiger partial charge on any atom is 0.165 e. The fourth-order valence-corrected chi connectivity index (χ4v) is 1.35. The van der Waals surface area contributed by atoms with E-state index in [0.29, 0.717) is 18.5 Å². The lowest BCUT2D eigenvalue weighted by molar-refractivity contribution is -0.106. The molecule has 1 aliphatic heterocycles. The van der Waals surface area contributed by atoms with Crippen molar-refractivity contribution in [2.24, 2.45) is 0 Å². The first-order valence-electron chi connectivity index (χ1n) is 4.16. The van der Waals surface area contributed by atoms with E-state index in [4.69, 9.17) is 0 Å². The summed E-state index contributed by atoms with van der Waals surface area (Å²) in [5.74, 6) is 0. The zero-order chi connectivity index (χ0) is 9.19. The van der Waals surface area contributed by atoms with Crippen LogP contribution in [0.1, 0.15) is 19.8 Å². The second-order valence-electron chi connectivity index (χ2n) is 3.59. The second-order valence-corrected chi connectivity index (χ2v) is 3.59. The van der Waals surface area contributed by atoms with Crippen molar-refractivity contribution in [3.63, 3.8) is 0 Å². The third-order valence-electron chi connectivity index (χ3n) is 2.38. The maximum atomic E-state index is 10.4. The van der Waals surface area contributed by atoms with Crippen LogP contribution < -0.4 is 0 Å². The van der Waals surface area contributed by atoms with Crippen LogP contribution in [0.15, 0.2) is 12.3 Å². The monoisotopic (exact) mass is 169 g/mol. The third-order valence-corrected chi connectivity index (χ3v) is 2.38. The van der Waals surface area contributed by atoms with Crippen molar-refractivity contribution in [2.75, 3.05) is 13.1 Å². The van der Waals surface area contributed by atoms with Crippen molar-refractivity contribution < 1.29 is 9.90 Å². The molecule has 1 N–H and O–H groups in total. The lowest BCUT2D eigenvalue weighted by Gasteiger charge is -2.36. The number of allylic oxidation sites excluding steroid dienone is 1. The molecule has 68 valence electrons. The van der Waals surface area contributed by atoms with Gasteiger partial charge in [0.05, 0.1) is 11.3 Å². The van der Waals surface area contributed by atoms with Gasteiger partial charge in [-0.15, -0.1) is 0 Å². The van der Waals surface area contributed by atoms with Gasteiger partial charge in [-0.2, -0.15) is 0 Å². The average Bonchev–Trinajstić information content (AvgIpc) is 2.03. The van der Waals surface area contributed by atoms with E-state index in [-0.39, 0.29) is 0 Å². The molecule has 0 aliphatic carbocycles.